The highest BCUT2D eigenvalue weighted by Gasteiger charge is 2.01. The molecule has 0 fully saturated rings. The average Bonchev–Trinajstić information content (AvgIpc) is 1.93. The van der Waals surface area contributed by atoms with Gasteiger partial charge in [0.1, 0.15) is 5.82 Å². The van der Waals surface area contributed by atoms with E-state index >= 15 is 0 Å². The van der Waals surface area contributed by atoms with Crippen molar-refractivity contribution >= 4 is 21.7 Å². The standard InChI is InChI=1S/C7H9BrN2/c1-4-3-10-7(9)6(8)5(4)2/h3H,1-2H3,(H2,9,10). The third-order valence-corrected chi connectivity index (χ3v) is 2.54. The van der Waals surface area contributed by atoms with Crippen LogP contribution in [0.1, 0.15) is 11.1 Å². The van der Waals surface area contributed by atoms with Crippen molar-refractivity contribution in [3.63, 3.8) is 0 Å². The van der Waals surface area contributed by atoms with Gasteiger partial charge in [0.2, 0.25) is 0 Å². The van der Waals surface area contributed by atoms with E-state index in [1.165, 1.54) is 0 Å². The highest BCUT2D eigenvalue weighted by molar-refractivity contribution is 9.10. The molecule has 0 aliphatic carbocycles. The normalized spacial score (nSPS) is 9.90. The fraction of sp³-hybridized carbons (Fsp3) is 0.286. The molecule has 3 heteroatoms. The summed E-state index contributed by atoms with van der Waals surface area (Å²) in [5, 5.41) is 0. The largest absolute Gasteiger partial charge is 0.383 e. The van der Waals surface area contributed by atoms with Gasteiger partial charge in [-0.2, -0.15) is 0 Å². The Morgan fingerprint density at radius 2 is 2.10 bits per heavy atom. The summed E-state index contributed by atoms with van der Waals surface area (Å²) in [6.07, 6.45) is 1.77. The maximum Gasteiger partial charge on any atom is 0.137 e. The first-order chi connectivity index (χ1) is 4.63. The number of halogens is 1. The molecule has 2 N–H and O–H groups in total. The van der Waals surface area contributed by atoms with Crippen LogP contribution in [-0.2, 0) is 0 Å². The molecule has 0 amide bonds. The molecule has 10 heavy (non-hydrogen) atoms. The number of nitrogens with zero attached hydrogens (tertiary/aromatic N) is 1. The highest BCUT2D eigenvalue weighted by Crippen LogP contribution is 2.22. The molecule has 1 aromatic heterocycles. The van der Waals surface area contributed by atoms with E-state index in [-0.39, 0.29) is 0 Å². The predicted molar refractivity (Wildman–Crippen MR) is 45.8 cm³/mol. The lowest BCUT2D eigenvalue weighted by atomic mass is 10.2. The number of pyridine rings is 1. The molecule has 0 atom stereocenters. The Balaban J connectivity index is 3.34. The first kappa shape index (κ1) is 7.54. The van der Waals surface area contributed by atoms with Crippen molar-refractivity contribution in [3.8, 4) is 0 Å². The van der Waals surface area contributed by atoms with Crippen molar-refractivity contribution in [2.45, 2.75) is 13.8 Å². The minimum Gasteiger partial charge on any atom is -0.383 e. The van der Waals surface area contributed by atoms with Crippen LogP contribution < -0.4 is 5.73 Å². The maximum absolute atomic E-state index is 5.53. The number of anilines is 1. The lowest BCUT2D eigenvalue weighted by Gasteiger charge is -2.03. The molecule has 1 aromatic rings. The molecule has 54 valence electrons. The van der Waals surface area contributed by atoms with Crippen LogP contribution in [0.25, 0.3) is 0 Å². The molecule has 2 nitrogen and oxygen atoms in total. The summed E-state index contributed by atoms with van der Waals surface area (Å²) in [5.74, 6) is 0.558. The third kappa shape index (κ3) is 1.14. The van der Waals surface area contributed by atoms with Crippen molar-refractivity contribution in [1.29, 1.82) is 0 Å². The van der Waals surface area contributed by atoms with Gasteiger partial charge in [-0.1, -0.05) is 0 Å². The van der Waals surface area contributed by atoms with Crippen LogP contribution >= 0.6 is 15.9 Å². The van der Waals surface area contributed by atoms with Gasteiger partial charge in [-0.25, -0.2) is 4.98 Å². The molecule has 0 aliphatic rings. The van der Waals surface area contributed by atoms with Gasteiger partial charge in [0, 0.05) is 6.20 Å². The van der Waals surface area contributed by atoms with E-state index < -0.39 is 0 Å². The van der Waals surface area contributed by atoms with E-state index in [9.17, 15) is 0 Å². The molecule has 0 bridgehead atoms. The molecule has 0 spiro atoms. The average molecular weight is 201 g/mol. The van der Waals surface area contributed by atoms with Crippen LogP contribution in [0.4, 0.5) is 5.82 Å². The minimum absolute atomic E-state index is 0.558. The second kappa shape index (κ2) is 2.58. The van der Waals surface area contributed by atoms with Crippen LogP contribution in [0.15, 0.2) is 10.7 Å². The zero-order valence-electron chi connectivity index (χ0n) is 5.98. The summed E-state index contributed by atoms with van der Waals surface area (Å²) in [6.45, 7) is 4.02. The van der Waals surface area contributed by atoms with Crippen LogP contribution in [0.5, 0.6) is 0 Å². The summed E-state index contributed by atoms with van der Waals surface area (Å²) < 4.78 is 0.910. The van der Waals surface area contributed by atoms with E-state index in [0.29, 0.717) is 5.82 Å². The highest BCUT2D eigenvalue weighted by atomic mass is 79.9. The van der Waals surface area contributed by atoms with E-state index in [1.807, 2.05) is 13.8 Å². The van der Waals surface area contributed by atoms with Gasteiger partial charge in [0.25, 0.3) is 0 Å². The van der Waals surface area contributed by atoms with E-state index in [2.05, 4.69) is 20.9 Å². The number of hydrogen-bond donors (Lipinski definition) is 1. The van der Waals surface area contributed by atoms with Gasteiger partial charge >= 0.3 is 0 Å². The Labute approximate surface area is 68.6 Å². The van der Waals surface area contributed by atoms with Crippen LogP contribution in [0.2, 0.25) is 0 Å². The summed E-state index contributed by atoms with van der Waals surface area (Å²) >= 11 is 3.34. The Morgan fingerprint density at radius 1 is 1.50 bits per heavy atom. The minimum atomic E-state index is 0.558. The summed E-state index contributed by atoms with van der Waals surface area (Å²) in [4.78, 5) is 3.97. The number of rotatable bonds is 0. The van der Waals surface area contributed by atoms with E-state index in [4.69, 9.17) is 5.73 Å². The molecule has 0 unspecified atom stereocenters. The van der Waals surface area contributed by atoms with Crippen LogP contribution in [0, 0.1) is 13.8 Å². The number of nitrogen functional groups attached to an aromatic ring is 1. The molecule has 0 radical (unpaired) electrons. The second-order valence-electron chi connectivity index (χ2n) is 2.27. The van der Waals surface area contributed by atoms with Crippen molar-refractivity contribution in [3.05, 3.63) is 21.8 Å². The monoisotopic (exact) mass is 200 g/mol. The molecule has 0 saturated heterocycles. The van der Waals surface area contributed by atoms with Gasteiger partial charge in [-0.05, 0) is 40.9 Å². The number of nitrogens with two attached hydrogens (primary N) is 1. The van der Waals surface area contributed by atoms with Crippen LogP contribution in [-0.4, -0.2) is 4.98 Å². The lowest BCUT2D eigenvalue weighted by Crippen LogP contribution is -1.94. The molecular weight excluding hydrogens is 192 g/mol. The van der Waals surface area contributed by atoms with E-state index in [1.54, 1.807) is 6.20 Å². The van der Waals surface area contributed by atoms with Gasteiger partial charge in [0.15, 0.2) is 0 Å². The number of aromatic nitrogens is 1. The van der Waals surface area contributed by atoms with Crippen LogP contribution in [0.3, 0.4) is 0 Å². The molecule has 1 rings (SSSR count). The smallest absolute Gasteiger partial charge is 0.137 e. The lowest BCUT2D eigenvalue weighted by molar-refractivity contribution is 1.20. The van der Waals surface area contributed by atoms with Gasteiger partial charge < -0.3 is 5.73 Å². The second-order valence-corrected chi connectivity index (χ2v) is 3.06. The molecule has 0 saturated carbocycles. The molecule has 0 aliphatic heterocycles. The van der Waals surface area contributed by atoms with E-state index in [0.717, 1.165) is 15.6 Å². The fourth-order valence-corrected chi connectivity index (χ4v) is 1.10. The quantitative estimate of drug-likeness (QED) is 0.697. The zero-order chi connectivity index (χ0) is 7.72. The Kier molecular flexibility index (Phi) is 1.94. The number of aryl methyl sites for hydroxylation is 1. The van der Waals surface area contributed by atoms with Crippen molar-refractivity contribution < 1.29 is 0 Å². The van der Waals surface area contributed by atoms with Gasteiger partial charge in [-0.3, -0.25) is 0 Å². The van der Waals surface area contributed by atoms with Crippen molar-refractivity contribution in [2.75, 3.05) is 5.73 Å². The van der Waals surface area contributed by atoms with Gasteiger partial charge in [0.05, 0.1) is 4.47 Å². The summed E-state index contributed by atoms with van der Waals surface area (Å²) in [7, 11) is 0. The molecule has 1 heterocycles. The summed E-state index contributed by atoms with van der Waals surface area (Å²) in [6, 6.07) is 0. The SMILES string of the molecule is Cc1cnc(N)c(Br)c1C. The zero-order valence-corrected chi connectivity index (χ0v) is 7.57. The first-order valence-electron chi connectivity index (χ1n) is 3.00. The Hall–Kier alpha value is -0.570. The number of hydrogen-bond acceptors (Lipinski definition) is 2. The maximum atomic E-state index is 5.53. The Bertz CT molecular complexity index is 231. The topological polar surface area (TPSA) is 38.9 Å². The Morgan fingerprint density at radius 3 is 2.60 bits per heavy atom. The third-order valence-electron chi connectivity index (χ3n) is 1.54. The molecular formula is C7H9BrN2. The summed E-state index contributed by atoms with van der Waals surface area (Å²) in [5.41, 5.74) is 7.85. The molecule has 0 aromatic carbocycles. The first-order valence-corrected chi connectivity index (χ1v) is 3.79. The van der Waals surface area contributed by atoms with Crippen molar-refractivity contribution in [1.82, 2.24) is 4.98 Å². The fourth-order valence-electron chi connectivity index (χ4n) is 0.685. The van der Waals surface area contributed by atoms with Crippen molar-refractivity contribution in [2.24, 2.45) is 0 Å². The van der Waals surface area contributed by atoms with Gasteiger partial charge in [-0.15, -0.1) is 0 Å². The predicted octanol–water partition coefficient (Wildman–Crippen LogP) is 2.04.